The lowest BCUT2D eigenvalue weighted by Crippen LogP contribution is -2.36. The van der Waals surface area contributed by atoms with Crippen molar-refractivity contribution >= 4 is 17.2 Å². The molecule has 7 nitrogen and oxygen atoms in total. The summed E-state index contributed by atoms with van der Waals surface area (Å²) in [6.45, 7) is 1.74. The highest BCUT2D eigenvalue weighted by atomic mass is 32.1. The zero-order chi connectivity index (χ0) is 17.8. The van der Waals surface area contributed by atoms with Crippen molar-refractivity contribution in [2.24, 2.45) is 0 Å². The third-order valence-electron chi connectivity index (χ3n) is 4.28. The fraction of sp³-hybridized carbons (Fsp3) is 0.333. The molecule has 0 unspecified atom stereocenters. The van der Waals surface area contributed by atoms with Gasteiger partial charge in [0.05, 0.1) is 35.2 Å². The number of thiophene rings is 1. The van der Waals surface area contributed by atoms with Crippen molar-refractivity contribution < 1.29 is 9.53 Å². The number of amides is 1. The highest BCUT2D eigenvalue weighted by Gasteiger charge is 2.23. The second-order valence-corrected chi connectivity index (χ2v) is 6.94. The van der Waals surface area contributed by atoms with Crippen LogP contribution in [0.15, 0.2) is 42.3 Å². The minimum Gasteiger partial charge on any atom is -0.368 e. The molecule has 0 saturated carbocycles. The Bertz CT molecular complexity index is 857. The quantitative estimate of drug-likeness (QED) is 0.721. The largest absolute Gasteiger partial charge is 0.368 e. The number of nitrogens with one attached hydrogen (secondary N) is 1. The van der Waals surface area contributed by atoms with Crippen molar-refractivity contribution in [2.75, 3.05) is 13.2 Å². The van der Waals surface area contributed by atoms with Crippen molar-refractivity contribution in [3.05, 3.63) is 42.3 Å². The van der Waals surface area contributed by atoms with E-state index in [0.29, 0.717) is 19.7 Å². The van der Waals surface area contributed by atoms with E-state index in [1.165, 1.54) is 0 Å². The lowest BCUT2D eigenvalue weighted by molar-refractivity contribution is -0.130. The molecular weight excluding hydrogens is 350 g/mol. The molecule has 0 aromatic carbocycles. The van der Waals surface area contributed by atoms with E-state index in [0.717, 1.165) is 34.7 Å². The van der Waals surface area contributed by atoms with E-state index >= 15 is 0 Å². The van der Waals surface area contributed by atoms with Gasteiger partial charge in [0.1, 0.15) is 6.10 Å². The molecule has 0 spiro atoms. The fourth-order valence-corrected chi connectivity index (χ4v) is 3.82. The predicted octanol–water partition coefficient (Wildman–Crippen LogP) is 2.36. The monoisotopic (exact) mass is 369 g/mol. The number of carbonyl (C=O) groups is 1. The van der Waals surface area contributed by atoms with Gasteiger partial charge in [-0.3, -0.25) is 19.4 Å². The number of hydrogen-bond donors (Lipinski definition) is 1. The summed E-state index contributed by atoms with van der Waals surface area (Å²) < 4.78 is 7.32. The molecule has 1 atom stereocenters. The molecule has 0 radical (unpaired) electrons. The molecular formula is C18H19N5O2S. The first-order valence-electron chi connectivity index (χ1n) is 8.58. The molecule has 3 aromatic rings. The van der Waals surface area contributed by atoms with Crippen LogP contribution in [0.25, 0.3) is 21.8 Å². The normalized spacial score (nSPS) is 16.7. The molecule has 4 rings (SSSR count). The van der Waals surface area contributed by atoms with Crippen LogP contribution in [0.5, 0.6) is 0 Å². The Hall–Kier alpha value is -2.58. The Labute approximate surface area is 155 Å². The van der Waals surface area contributed by atoms with E-state index in [1.54, 1.807) is 36.1 Å². The van der Waals surface area contributed by atoms with Crippen molar-refractivity contribution in [1.29, 1.82) is 0 Å². The first-order valence-corrected chi connectivity index (χ1v) is 9.46. The van der Waals surface area contributed by atoms with E-state index in [9.17, 15) is 4.79 Å². The lowest BCUT2D eigenvalue weighted by Gasteiger charge is -2.12. The van der Waals surface area contributed by atoms with E-state index in [1.807, 2.05) is 16.1 Å². The van der Waals surface area contributed by atoms with Crippen LogP contribution >= 0.6 is 11.3 Å². The van der Waals surface area contributed by atoms with Gasteiger partial charge in [0.25, 0.3) is 0 Å². The number of carbonyl (C=O) groups excluding carboxylic acids is 1. The van der Waals surface area contributed by atoms with Crippen LogP contribution in [0.1, 0.15) is 12.8 Å². The average molecular weight is 369 g/mol. The number of rotatable bonds is 6. The highest BCUT2D eigenvalue weighted by molar-refractivity contribution is 7.13. The van der Waals surface area contributed by atoms with Gasteiger partial charge in [-0.2, -0.15) is 5.10 Å². The molecule has 26 heavy (non-hydrogen) atoms. The molecule has 1 N–H and O–H groups in total. The Balaban J connectivity index is 1.52. The topological polar surface area (TPSA) is 81.9 Å². The van der Waals surface area contributed by atoms with Crippen LogP contribution in [0.3, 0.4) is 0 Å². The van der Waals surface area contributed by atoms with Crippen LogP contribution in [-0.4, -0.2) is 44.9 Å². The SMILES string of the molecule is O=C(NCCn1ncc(-c2cnccn2)c1-c1cccs1)[C@H]1CCCO1. The van der Waals surface area contributed by atoms with Crippen LogP contribution in [0, 0.1) is 0 Å². The van der Waals surface area contributed by atoms with Crippen molar-refractivity contribution in [3.8, 4) is 21.8 Å². The van der Waals surface area contributed by atoms with Gasteiger partial charge < -0.3 is 10.1 Å². The molecule has 1 saturated heterocycles. The Morgan fingerprint density at radius 3 is 3.08 bits per heavy atom. The summed E-state index contributed by atoms with van der Waals surface area (Å²) in [4.78, 5) is 21.8. The predicted molar refractivity (Wildman–Crippen MR) is 98.5 cm³/mol. The molecule has 8 heteroatoms. The third-order valence-corrected chi connectivity index (χ3v) is 5.15. The summed E-state index contributed by atoms with van der Waals surface area (Å²) in [7, 11) is 0. The molecule has 1 aliphatic rings. The fourth-order valence-electron chi connectivity index (χ4n) is 3.04. The second-order valence-electron chi connectivity index (χ2n) is 5.99. The summed E-state index contributed by atoms with van der Waals surface area (Å²) in [5.41, 5.74) is 2.71. The van der Waals surface area contributed by atoms with Gasteiger partial charge in [0, 0.05) is 31.1 Å². The van der Waals surface area contributed by atoms with Crippen LogP contribution in [0.2, 0.25) is 0 Å². The molecule has 1 fully saturated rings. The first kappa shape index (κ1) is 16.9. The molecule has 134 valence electrons. The van der Waals surface area contributed by atoms with Gasteiger partial charge in [-0.25, -0.2) is 0 Å². The summed E-state index contributed by atoms with van der Waals surface area (Å²) in [6.07, 6.45) is 8.30. The maximum Gasteiger partial charge on any atom is 0.249 e. The van der Waals surface area contributed by atoms with E-state index in [2.05, 4.69) is 26.4 Å². The van der Waals surface area contributed by atoms with Crippen LogP contribution in [-0.2, 0) is 16.1 Å². The number of aromatic nitrogens is 4. The van der Waals surface area contributed by atoms with Crippen molar-refractivity contribution in [3.63, 3.8) is 0 Å². The minimum absolute atomic E-state index is 0.0403. The van der Waals surface area contributed by atoms with E-state index < -0.39 is 0 Å². The molecule has 1 amide bonds. The minimum atomic E-state index is -0.306. The van der Waals surface area contributed by atoms with E-state index in [-0.39, 0.29) is 12.0 Å². The molecule has 1 aliphatic heterocycles. The van der Waals surface area contributed by atoms with Gasteiger partial charge in [-0.05, 0) is 24.3 Å². The van der Waals surface area contributed by atoms with Crippen molar-refractivity contribution in [1.82, 2.24) is 25.1 Å². The average Bonchev–Trinajstić information content (AvgIpc) is 3.42. The molecule has 3 aromatic heterocycles. The maximum absolute atomic E-state index is 12.1. The number of hydrogen-bond acceptors (Lipinski definition) is 6. The molecule has 0 aliphatic carbocycles. The Morgan fingerprint density at radius 2 is 2.35 bits per heavy atom. The van der Waals surface area contributed by atoms with Crippen molar-refractivity contribution in [2.45, 2.75) is 25.5 Å². The highest BCUT2D eigenvalue weighted by Crippen LogP contribution is 2.33. The Morgan fingerprint density at radius 1 is 1.38 bits per heavy atom. The Kier molecular flexibility index (Phi) is 5.03. The standard InChI is InChI=1S/C18H19N5O2S/c24-18(15-3-1-9-25-15)21-7-8-23-17(16-4-2-10-26-16)13(11-22-23)14-12-19-5-6-20-14/h2,4-6,10-12,15H,1,3,7-9H2,(H,21,24)/t15-/m1/s1. The van der Waals surface area contributed by atoms with Crippen LogP contribution < -0.4 is 5.32 Å². The molecule has 4 heterocycles. The number of ether oxygens (including phenoxy) is 1. The van der Waals surface area contributed by atoms with Gasteiger partial charge in [0.2, 0.25) is 5.91 Å². The van der Waals surface area contributed by atoms with E-state index in [4.69, 9.17) is 4.74 Å². The van der Waals surface area contributed by atoms with Gasteiger partial charge >= 0.3 is 0 Å². The zero-order valence-electron chi connectivity index (χ0n) is 14.2. The summed E-state index contributed by atoms with van der Waals surface area (Å²) in [5, 5.41) is 9.50. The van der Waals surface area contributed by atoms with Gasteiger partial charge in [-0.15, -0.1) is 11.3 Å². The summed E-state index contributed by atoms with van der Waals surface area (Å²) in [5.74, 6) is -0.0403. The third kappa shape index (κ3) is 3.51. The van der Waals surface area contributed by atoms with Crippen LogP contribution in [0.4, 0.5) is 0 Å². The first-order chi connectivity index (χ1) is 12.8. The summed E-state index contributed by atoms with van der Waals surface area (Å²) in [6, 6.07) is 4.07. The smallest absolute Gasteiger partial charge is 0.249 e. The summed E-state index contributed by atoms with van der Waals surface area (Å²) >= 11 is 1.65. The zero-order valence-corrected chi connectivity index (χ0v) is 15.0. The second kappa shape index (κ2) is 7.76. The van der Waals surface area contributed by atoms with Gasteiger partial charge in [-0.1, -0.05) is 6.07 Å². The maximum atomic E-state index is 12.1. The van der Waals surface area contributed by atoms with Gasteiger partial charge in [0.15, 0.2) is 0 Å². The molecule has 0 bridgehead atoms. The lowest BCUT2D eigenvalue weighted by atomic mass is 10.1. The number of nitrogens with zero attached hydrogens (tertiary/aromatic N) is 4.